The van der Waals surface area contributed by atoms with Crippen LogP contribution in [0.4, 0.5) is 5.69 Å². The van der Waals surface area contributed by atoms with E-state index in [4.69, 9.17) is 0 Å². The largest absolute Gasteiger partial charge is 0.353 e. The molecule has 2 rings (SSSR count). The van der Waals surface area contributed by atoms with E-state index in [1.165, 1.54) is 11.3 Å². The first-order chi connectivity index (χ1) is 8.58. The molecule has 4 nitrogen and oxygen atoms in total. The van der Waals surface area contributed by atoms with Gasteiger partial charge in [0.15, 0.2) is 16.1 Å². The van der Waals surface area contributed by atoms with Gasteiger partial charge in [-0.2, -0.15) is 11.8 Å². The van der Waals surface area contributed by atoms with E-state index in [1.807, 2.05) is 10.3 Å². The van der Waals surface area contributed by atoms with Gasteiger partial charge in [-0.05, 0) is 6.07 Å². The summed E-state index contributed by atoms with van der Waals surface area (Å²) in [6, 6.07) is 1.77. The zero-order valence-corrected chi connectivity index (χ0v) is 12.5. The third kappa shape index (κ3) is 2.73. The summed E-state index contributed by atoms with van der Waals surface area (Å²) < 4.78 is 24.2. The normalized spacial score (nSPS) is 20.9. The molecule has 100 valence electrons. The number of anilines is 1. The van der Waals surface area contributed by atoms with E-state index < -0.39 is 15.2 Å². The summed E-state index contributed by atoms with van der Waals surface area (Å²) in [5.41, 5.74) is 0.851. The summed E-state index contributed by atoms with van der Waals surface area (Å²) in [5, 5.41) is 1.40. The summed E-state index contributed by atoms with van der Waals surface area (Å²) in [6.07, 6.45) is 0.802. The Morgan fingerprint density at radius 2 is 2.33 bits per heavy atom. The van der Waals surface area contributed by atoms with Crippen LogP contribution in [0.15, 0.2) is 11.4 Å². The Hall–Kier alpha value is -0.530. The zero-order valence-electron chi connectivity index (χ0n) is 10.0. The summed E-state index contributed by atoms with van der Waals surface area (Å²) in [5.74, 6) is 1.67. The smallest absolute Gasteiger partial charge is 0.171 e. The van der Waals surface area contributed by atoms with Gasteiger partial charge >= 0.3 is 0 Å². The Morgan fingerprint density at radius 1 is 1.56 bits per heavy atom. The molecule has 1 aliphatic heterocycles. The van der Waals surface area contributed by atoms with Crippen molar-refractivity contribution < 1.29 is 13.2 Å². The zero-order chi connectivity index (χ0) is 13.2. The van der Waals surface area contributed by atoms with Crippen LogP contribution in [0.1, 0.15) is 16.6 Å². The molecular formula is C11H15NO3S3. The van der Waals surface area contributed by atoms with Gasteiger partial charge in [0.1, 0.15) is 5.37 Å². The molecule has 1 aliphatic rings. The quantitative estimate of drug-likeness (QED) is 0.795. The maximum Gasteiger partial charge on any atom is 0.171 e. The first-order valence-electron chi connectivity index (χ1n) is 5.68. The van der Waals surface area contributed by atoms with Crippen LogP contribution in [0.2, 0.25) is 0 Å². The SMILES string of the molecule is CCS(=O)(=O)C1CSCCN1c1csc(C=O)c1. The minimum Gasteiger partial charge on any atom is -0.353 e. The minimum atomic E-state index is -3.09. The molecule has 1 atom stereocenters. The van der Waals surface area contributed by atoms with E-state index in [-0.39, 0.29) is 5.75 Å². The van der Waals surface area contributed by atoms with Crippen LogP contribution in [0.5, 0.6) is 0 Å². The van der Waals surface area contributed by atoms with Crippen molar-refractivity contribution >= 4 is 44.9 Å². The van der Waals surface area contributed by atoms with Gasteiger partial charge in [0.25, 0.3) is 0 Å². The average molecular weight is 305 g/mol. The van der Waals surface area contributed by atoms with Crippen molar-refractivity contribution in [1.82, 2.24) is 0 Å². The molecule has 0 radical (unpaired) electrons. The van der Waals surface area contributed by atoms with Crippen LogP contribution in [0.25, 0.3) is 0 Å². The molecular weight excluding hydrogens is 290 g/mol. The Kier molecular flexibility index (Phi) is 4.34. The summed E-state index contributed by atoms with van der Waals surface area (Å²) >= 11 is 3.02. The summed E-state index contributed by atoms with van der Waals surface area (Å²) in [6.45, 7) is 2.39. The third-order valence-corrected chi connectivity index (χ3v) is 7.09. The van der Waals surface area contributed by atoms with Crippen molar-refractivity contribution in [1.29, 1.82) is 0 Å². The van der Waals surface area contributed by atoms with Crippen LogP contribution in [-0.2, 0) is 9.84 Å². The first kappa shape index (κ1) is 13.9. The average Bonchev–Trinajstić information content (AvgIpc) is 2.87. The molecule has 0 bridgehead atoms. The molecule has 0 aliphatic carbocycles. The van der Waals surface area contributed by atoms with Crippen molar-refractivity contribution in [2.24, 2.45) is 0 Å². The number of aldehydes is 1. The fourth-order valence-electron chi connectivity index (χ4n) is 1.92. The number of rotatable bonds is 4. The van der Waals surface area contributed by atoms with Crippen LogP contribution in [-0.4, -0.2) is 43.9 Å². The molecule has 0 spiro atoms. The second-order valence-electron chi connectivity index (χ2n) is 4.00. The maximum atomic E-state index is 12.1. The predicted octanol–water partition coefficient (Wildman–Crippen LogP) is 1.87. The van der Waals surface area contributed by atoms with E-state index in [2.05, 4.69) is 0 Å². The molecule has 2 heterocycles. The molecule has 1 aromatic rings. The Labute approximate surface area is 115 Å². The molecule has 1 fully saturated rings. The van der Waals surface area contributed by atoms with Gasteiger partial charge in [0.2, 0.25) is 0 Å². The Balaban J connectivity index is 2.31. The highest BCUT2D eigenvalue weighted by molar-refractivity contribution is 8.01. The highest BCUT2D eigenvalue weighted by atomic mass is 32.2. The monoisotopic (exact) mass is 305 g/mol. The number of thiophene rings is 1. The topological polar surface area (TPSA) is 54.5 Å². The van der Waals surface area contributed by atoms with Crippen molar-refractivity contribution in [3.8, 4) is 0 Å². The van der Waals surface area contributed by atoms with Gasteiger partial charge in [-0.3, -0.25) is 4.79 Å². The van der Waals surface area contributed by atoms with Crippen LogP contribution in [0.3, 0.4) is 0 Å². The highest BCUT2D eigenvalue weighted by Gasteiger charge is 2.33. The Morgan fingerprint density at radius 3 is 2.94 bits per heavy atom. The van der Waals surface area contributed by atoms with E-state index in [1.54, 1.807) is 24.8 Å². The first-order valence-corrected chi connectivity index (χ1v) is 9.43. The fraction of sp³-hybridized carbons (Fsp3) is 0.545. The number of hydrogen-bond acceptors (Lipinski definition) is 6. The number of nitrogens with zero attached hydrogens (tertiary/aromatic N) is 1. The molecule has 0 aromatic carbocycles. The van der Waals surface area contributed by atoms with Gasteiger partial charge in [-0.15, -0.1) is 11.3 Å². The molecule has 0 amide bonds. The molecule has 0 N–H and O–H groups in total. The van der Waals surface area contributed by atoms with Crippen LogP contribution in [0, 0.1) is 0 Å². The van der Waals surface area contributed by atoms with Gasteiger partial charge in [-0.25, -0.2) is 8.42 Å². The lowest BCUT2D eigenvalue weighted by atomic mass is 10.3. The van der Waals surface area contributed by atoms with Crippen molar-refractivity contribution in [3.05, 3.63) is 16.3 Å². The Bertz CT molecular complexity index is 523. The predicted molar refractivity (Wildman–Crippen MR) is 77.6 cm³/mol. The molecule has 1 aromatic heterocycles. The lowest BCUT2D eigenvalue weighted by Gasteiger charge is -2.35. The van der Waals surface area contributed by atoms with Crippen molar-refractivity contribution in [2.75, 3.05) is 28.7 Å². The molecule has 1 saturated heterocycles. The second-order valence-corrected chi connectivity index (χ2v) is 8.54. The van der Waals surface area contributed by atoms with Crippen molar-refractivity contribution in [2.45, 2.75) is 12.3 Å². The van der Waals surface area contributed by atoms with Crippen LogP contribution < -0.4 is 4.90 Å². The number of hydrogen-bond donors (Lipinski definition) is 0. The lowest BCUT2D eigenvalue weighted by Crippen LogP contribution is -2.47. The molecule has 18 heavy (non-hydrogen) atoms. The van der Waals surface area contributed by atoms with E-state index in [0.717, 1.165) is 17.7 Å². The number of thioether (sulfide) groups is 1. The van der Waals surface area contributed by atoms with Gasteiger partial charge in [0, 0.05) is 34.9 Å². The number of carbonyl (C=O) groups excluding carboxylic acids is 1. The summed E-state index contributed by atoms with van der Waals surface area (Å²) in [7, 11) is -3.09. The number of carbonyl (C=O) groups is 1. The standard InChI is InChI=1S/C11H15NO3S3/c1-2-18(14,15)11-8-16-4-3-12(11)9-5-10(6-13)17-7-9/h5-7,11H,2-4,8H2,1H3. The lowest BCUT2D eigenvalue weighted by molar-refractivity contribution is 0.112. The number of sulfone groups is 1. The van der Waals surface area contributed by atoms with Gasteiger partial charge < -0.3 is 4.90 Å². The van der Waals surface area contributed by atoms with E-state index >= 15 is 0 Å². The van der Waals surface area contributed by atoms with E-state index in [0.29, 0.717) is 17.2 Å². The van der Waals surface area contributed by atoms with Gasteiger partial charge in [0.05, 0.1) is 4.88 Å². The minimum absolute atomic E-state index is 0.152. The maximum absolute atomic E-state index is 12.1. The molecule has 0 saturated carbocycles. The highest BCUT2D eigenvalue weighted by Crippen LogP contribution is 2.30. The molecule has 7 heteroatoms. The molecule has 1 unspecified atom stereocenters. The second kappa shape index (κ2) is 5.63. The van der Waals surface area contributed by atoms with Crippen molar-refractivity contribution in [3.63, 3.8) is 0 Å². The van der Waals surface area contributed by atoms with E-state index in [9.17, 15) is 13.2 Å². The third-order valence-electron chi connectivity index (χ3n) is 2.96. The fourth-order valence-corrected chi connectivity index (χ4v) is 5.62. The van der Waals surface area contributed by atoms with Gasteiger partial charge in [-0.1, -0.05) is 6.92 Å². The summed E-state index contributed by atoms with van der Waals surface area (Å²) in [4.78, 5) is 13.3. The van der Waals surface area contributed by atoms with Crippen LogP contribution >= 0.6 is 23.1 Å².